The van der Waals surface area contributed by atoms with Crippen molar-refractivity contribution < 1.29 is 27.5 Å². The summed E-state index contributed by atoms with van der Waals surface area (Å²) in [4.78, 5) is 30.1. The SMILES string of the molecule is CC[C@H](C)NC(=O)[C@H](Cc1ccccc1)N(Cc1ccc(Cl)c(Cl)c1)C(=O)CN(c1cc(OC)ccc1OC)S(=O)(=O)c1ccccc1. The zero-order chi connectivity index (χ0) is 34.8. The Morgan fingerprint density at radius 1 is 0.833 bits per heavy atom. The highest BCUT2D eigenvalue weighted by Crippen LogP contribution is 2.36. The second-order valence-electron chi connectivity index (χ2n) is 11.2. The van der Waals surface area contributed by atoms with Crippen LogP contribution in [0.25, 0.3) is 0 Å². The van der Waals surface area contributed by atoms with Crippen molar-refractivity contribution in [1.82, 2.24) is 10.2 Å². The Bertz CT molecular complexity index is 1810. The third-order valence-electron chi connectivity index (χ3n) is 7.87. The van der Waals surface area contributed by atoms with Crippen LogP contribution in [0.2, 0.25) is 10.0 Å². The Morgan fingerprint density at radius 3 is 2.10 bits per heavy atom. The van der Waals surface area contributed by atoms with Crippen LogP contribution in [0.5, 0.6) is 11.5 Å². The number of methoxy groups -OCH3 is 2. The number of amides is 2. The lowest BCUT2D eigenvalue weighted by atomic mass is 10.0. The summed E-state index contributed by atoms with van der Waals surface area (Å²) in [5.74, 6) is -0.452. The number of halogens is 2. The number of nitrogens with zero attached hydrogens (tertiary/aromatic N) is 2. The Kier molecular flexibility index (Phi) is 12.7. The zero-order valence-corrected chi connectivity index (χ0v) is 29.6. The van der Waals surface area contributed by atoms with Gasteiger partial charge in [0.1, 0.15) is 24.1 Å². The summed E-state index contributed by atoms with van der Waals surface area (Å²) in [7, 11) is -1.48. The second kappa shape index (κ2) is 16.7. The van der Waals surface area contributed by atoms with Crippen molar-refractivity contribution in [2.24, 2.45) is 0 Å². The molecule has 0 heterocycles. The molecule has 1 N–H and O–H groups in total. The van der Waals surface area contributed by atoms with E-state index in [-0.39, 0.29) is 46.3 Å². The lowest BCUT2D eigenvalue weighted by Crippen LogP contribution is -2.54. The number of nitrogens with one attached hydrogen (secondary N) is 1. The first-order valence-corrected chi connectivity index (χ1v) is 17.6. The lowest BCUT2D eigenvalue weighted by molar-refractivity contribution is -0.140. The predicted octanol–water partition coefficient (Wildman–Crippen LogP) is 6.76. The summed E-state index contributed by atoms with van der Waals surface area (Å²) >= 11 is 12.6. The number of carbonyl (C=O) groups is 2. The molecular formula is C36H39Cl2N3O6S. The van der Waals surface area contributed by atoms with Gasteiger partial charge in [-0.2, -0.15) is 0 Å². The quantitative estimate of drug-likeness (QED) is 0.146. The largest absolute Gasteiger partial charge is 0.497 e. The van der Waals surface area contributed by atoms with Crippen LogP contribution in [0.4, 0.5) is 5.69 Å². The van der Waals surface area contributed by atoms with Gasteiger partial charge >= 0.3 is 0 Å². The topological polar surface area (TPSA) is 105 Å². The van der Waals surface area contributed by atoms with Gasteiger partial charge in [0.25, 0.3) is 10.0 Å². The van der Waals surface area contributed by atoms with Crippen LogP contribution in [-0.4, -0.2) is 58.0 Å². The van der Waals surface area contributed by atoms with Crippen molar-refractivity contribution in [3.8, 4) is 11.5 Å². The molecule has 0 radical (unpaired) electrons. The average molecular weight is 713 g/mol. The highest BCUT2D eigenvalue weighted by molar-refractivity contribution is 7.92. The van der Waals surface area contributed by atoms with Gasteiger partial charge in [0.15, 0.2) is 0 Å². The molecule has 4 rings (SSSR count). The van der Waals surface area contributed by atoms with Gasteiger partial charge in [0.2, 0.25) is 11.8 Å². The molecule has 254 valence electrons. The third kappa shape index (κ3) is 9.00. The van der Waals surface area contributed by atoms with E-state index in [0.717, 1.165) is 9.87 Å². The summed E-state index contributed by atoms with van der Waals surface area (Å²) in [5, 5.41) is 3.63. The van der Waals surface area contributed by atoms with Gasteiger partial charge in [-0.1, -0.05) is 84.7 Å². The molecule has 0 aliphatic carbocycles. The maximum absolute atomic E-state index is 14.7. The molecule has 0 aliphatic rings. The highest BCUT2D eigenvalue weighted by Gasteiger charge is 2.36. The lowest BCUT2D eigenvalue weighted by Gasteiger charge is -2.34. The maximum atomic E-state index is 14.7. The minimum absolute atomic E-state index is 0.0333. The van der Waals surface area contributed by atoms with E-state index in [1.54, 1.807) is 48.5 Å². The molecule has 0 unspecified atom stereocenters. The van der Waals surface area contributed by atoms with Crippen LogP contribution in [0.1, 0.15) is 31.4 Å². The van der Waals surface area contributed by atoms with Gasteiger partial charge < -0.3 is 19.7 Å². The monoisotopic (exact) mass is 711 g/mol. The van der Waals surface area contributed by atoms with E-state index < -0.39 is 28.5 Å². The number of carbonyl (C=O) groups excluding carboxylic acids is 2. The molecule has 48 heavy (non-hydrogen) atoms. The maximum Gasteiger partial charge on any atom is 0.264 e. The van der Waals surface area contributed by atoms with Gasteiger partial charge in [-0.3, -0.25) is 13.9 Å². The predicted molar refractivity (Wildman–Crippen MR) is 189 cm³/mol. The van der Waals surface area contributed by atoms with E-state index in [1.807, 2.05) is 44.2 Å². The molecule has 0 saturated carbocycles. The molecule has 4 aromatic rings. The molecule has 0 aliphatic heterocycles. The first-order valence-electron chi connectivity index (χ1n) is 15.4. The average Bonchev–Trinajstić information content (AvgIpc) is 3.10. The van der Waals surface area contributed by atoms with Crippen LogP contribution in [0.15, 0.2) is 102 Å². The number of rotatable bonds is 15. The first kappa shape index (κ1) is 36.6. The van der Waals surface area contributed by atoms with E-state index in [2.05, 4.69) is 5.32 Å². The molecule has 2 amide bonds. The fourth-order valence-corrected chi connectivity index (χ4v) is 6.81. The van der Waals surface area contributed by atoms with Gasteiger partial charge in [0, 0.05) is 25.1 Å². The second-order valence-corrected chi connectivity index (χ2v) is 13.8. The Morgan fingerprint density at radius 2 is 1.50 bits per heavy atom. The zero-order valence-electron chi connectivity index (χ0n) is 27.2. The molecule has 0 aromatic heterocycles. The Hall–Kier alpha value is -4.25. The van der Waals surface area contributed by atoms with Crippen LogP contribution in [0.3, 0.4) is 0 Å². The van der Waals surface area contributed by atoms with Crippen molar-refractivity contribution in [3.05, 3.63) is 118 Å². The van der Waals surface area contributed by atoms with Crippen molar-refractivity contribution in [3.63, 3.8) is 0 Å². The Labute approximate surface area is 292 Å². The van der Waals surface area contributed by atoms with Crippen molar-refractivity contribution in [2.75, 3.05) is 25.1 Å². The van der Waals surface area contributed by atoms with E-state index in [1.165, 1.54) is 37.3 Å². The number of sulfonamides is 1. The summed E-state index contributed by atoms with van der Waals surface area (Å²) in [6.07, 6.45) is 0.841. The molecular weight excluding hydrogens is 673 g/mol. The van der Waals surface area contributed by atoms with Crippen LogP contribution >= 0.6 is 23.2 Å². The molecule has 4 aromatic carbocycles. The van der Waals surface area contributed by atoms with Gasteiger partial charge in [-0.05, 0) is 60.9 Å². The summed E-state index contributed by atoms with van der Waals surface area (Å²) in [6, 6.07) is 25.6. The van der Waals surface area contributed by atoms with Crippen LogP contribution < -0.4 is 19.1 Å². The summed E-state index contributed by atoms with van der Waals surface area (Å²) in [5.41, 5.74) is 1.51. The molecule has 0 spiro atoms. The summed E-state index contributed by atoms with van der Waals surface area (Å²) < 4.78 is 40.6. The molecule has 2 atom stereocenters. The minimum Gasteiger partial charge on any atom is -0.497 e. The molecule has 12 heteroatoms. The van der Waals surface area contributed by atoms with E-state index in [4.69, 9.17) is 32.7 Å². The fourth-order valence-electron chi connectivity index (χ4n) is 5.05. The molecule has 0 bridgehead atoms. The summed E-state index contributed by atoms with van der Waals surface area (Å²) in [6.45, 7) is 3.11. The van der Waals surface area contributed by atoms with Gasteiger partial charge in [-0.15, -0.1) is 0 Å². The normalized spacial score (nSPS) is 12.5. The molecule has 9 nitrogen and oxygen atoms in total. The smallest absolute Gasteiger partial charge is 0.264 e. The first-order chi connectivity index (χ1) is 23.0. The minimum atomic E-state index is -4.34. The third-order valence-corrected chi connectivity index (χ3v) is 10.4. The van der Waals surface area contributed by atoms with Gasteiger partial charge in [-0.25, -0.2) is 8.42 Å². The highest BCUT2D eigenvalue weighted by atomic mass is 35.5. The van der Waals surface area contributed by atoms with E-state index in [0.29, 0.717) is 22.8 Å². The van der Waals surface area contributed by atoms with Crippen molar-refractivity contribution in [2.45, 2.75) is 50.2 Å². The Balaban J connectivity index is 1.88. The number of hydrogen-bond donors (Lipinski definition) is 1. The van der Waals surface area contributed by atoms with Gasteiger partial charge in [0.05, 0.1) is 34.8 Å². The number of anilines is 1. The number of hydrogen-bond acceptors (Lipinski definition) is 6. The molecule has 0 fully saturated rings. The molecule has 0 saturated heterocycles. The number of ether oxygens (including phenoxy) is 2. The van der Waals surface area contributed by atoms with Crippen molar-refractivity contribution in [1.29, 1.82) is 0 Å². The van der Waals surface area contributed by atoms with Crippen LogP contribution in [-0.2, 0) is 32.6 Å². The standard InChI is InChI=1S/C36H39Cl2N3O6S/c1-5-25(2)39-36(43)33(21-26-12-8-6-9-13-26)40(23-27-16-18-30(37)31(38)20-27)35(42)24-41(48(44,45)29-14-10-7-11-15-29)32-22-28(46-3)17-19-34(32)47-4/h6-20,22,25,33H,5,21,23-24H2,1-4H3,(H,39,43)/t25-,33-/m0/s1. The van der Waals surface area contributed by atoms with E-state index >= 15 is 0 Å². The van der Waals surface area contributed by atoms with Crippen LogP contribution in [0, 0.1) is 0 Å². The fraction of sp³-hybridized carbons (Fsp3) is 0.278. The van der Waals surface area contributed by atoms with Crippen molar-refractivity contribution >= 4 is 50.7 Å². The number of benzene rings is 4. The van der Waals surface area contributed by atoms with E-state index in [9.17, 15) is 18.0 Å².